The van der Waals surface area contributed by atoms with Crippen LogP contribution in [-0.4, -0.2) is 15.8 Å². The Morgan fingerprint density at radius 2 is 2.15 bits per heavy atom. The molecule has 0 bridgehead atoms. The molecule has 4 heteroatoms. The van der Waals surface area contributed by atoms with Crippen LogP contribution in [0.1, 0.15) is 30.1 Å². The molecule has 3 rings (SSSR count). The van der Waals surface area contributed by atoms with Crippen LogP contribution in [-0.2, 0) is 6.54 Å². The predicted octanol–water partition coefficient (Wildman–Crippen LogP) is 4.46. The number of aryl methyl sites for hydroxylation is 1. The lowest BCUT2D eigenvalue weighted by atomic mass is 10.1. The Labute approximate surface area is 122 Å². The largest absolute Gasteiger partial charge is 0.325 e. The van der Waals surface area contributed by atoms with E-state index in [4.69, 9.17) is 11.6 Å². The maximum absolute atomic E-state index is 11.1. The molecule has 0 unspecified atom stereocenters. The van der Waals surface area contributed by atoms with E-state index < -0.39 is 0 Å². The van der Waals surface area contributed by atoms with Gasteiger partial charge in [0.05, 0.1) is 16.1 Å². The number of halogens is 1. The summed E-state index contributed by atoms with van der Waals surface area (Å²) in [6.07, 6.45) is 4.52. The number of hydrogen-bond donors (Lipinski definition) is 0. The summed E-state index contributed by atoms with van der Waals surface area (Å²) in [7, 11) is 0. The minimum absolute atomic E-state index is 0.442. The molecular weight excluding hydrogens is 272 g/mol. The van der Waals surface area contributed by atoms with Crippen molar-refractivity contribution >= 4 is 39.8 Å². The molecule has 0 aliphatic heterocycles. The summed E-state index contributed by atoms with van der Waals surface area (Å²) < 4.78 is 2.19. The fourth-order valence-corrected chi connectivity index (χ4v) is 2.88. The van der Waals surface area contributed by atoms with Crippen LogP contribution in [0, 0.1) is 0 Å². The summed E-state index contributed by atoms with van der Waals surface area (Å²) in [5, 5.41) is 2.43. The van der Waals surface area contributed by atoms with E-state index in [1.807, 2.05) is 18.2 Å². The molecule has 0 radical (unpaired) electrons. The molecule has 0 amide bonds. The molecular formula is C16H15ClN2O. The molecule has 3 aromatic rings. The Morgan fingerprint density at radius 1 is 1.35 bits per heavy atom. The summed E-state index contributed by atoms with van der Waals surface area (Å²) in [5.41, 5.74) is 2.42. The van der Waals surface area contributed by atoms with Crippen LogP contribution in [0.5, 0.6) is 0 Å². The molecule has 2 aromatic heterocycles. The van der Waals surface area contributed by atoms with Crippen LogP contribution in [0.2, 0.25) is 5.02 Å². The zero-order valence-electron chi connectivity index (χ0n) is 11.3. The van der Waals surface area contributed by atoms with Gasteiger partial charge in [-0.1, -0.05) is 43.1 Å². The molecule has 20 heavy (non-hydrogen) atoms. The highest BCUT2D eigenvalue weighted by Gasteiger charge is 2.16. The lowest BCUT2D eigenvalue weighted by molar-refractivity contribution is 0.112. The Morgan fingerprint density at radius 3 is 2.90 bits per heavy atom. The van der Waals surface area contributed by atoms with Gasteiger partial charge in [-0.15, -0.1) is 0 Å². The molecule has 1 aromatic carbocycles. The second-order valence-electron chi connectivity index (χ2n) is 4.87. The van der Waals surface area contributed by atoms with Gasteiger partial charge in [-0.25, -0.2) is 4.98 Å². The second-order valence-corrected chi connectivity index (χ2v) is 5.24. The van der Waals surface area contributed by atoms with E-state index in [2.05, 4.69) is 22.5 Å². The van der Waals surface area contributed by atoms with Gasteiger partial charge in [0, 0.05) is 23.5 Å². The van der Waals surface area contributed by atoms with E-state index in [1.54, 1.807) is 6.20 Å². The third kappa shape index (κ3) is 1.90. The summed E-state index contributed by atoms with van der Waals surface area (Å²) in [4.78, 5) is 15.5. The maximum Gasteiger partial charge on any atom is 0.153 e. The second kappa shape index (κ2) is 5.25. The van der Waals surface area contributed by atoms with E-state index in [0.717, 1.165) is 47.6 Å². The van der Waals surface area contributed by atoms with Gasteiger partial charge in [-0.3, -0.25) is 4.79 Å². The van der Waals surface area contributed by atoms with Gasteiger partial charge in [-0.05, 0) is 12.5 Å². The summed E-state index contributed by atoms with van der Waals surface area (Å²) in [6, 6.07) is 8.10. The van der Waals surface area contributed by atoms with Gasteiger partial charge < -0.3 is 4.57 Å². The normalized spacial score (nSPS) is 11.3. The standard InChI is InChI=1S/C16H15ClN2O/c1-2-3-8-19-13-7-5-4-6-12(13)14-15(17)11(10-20)9-18-16(14)19/h4-7,9-10H,2-3,8H2,1H3. The van der Waals surface area contributed by atoms with Crippen molar-refractivity contribution in [3.8, 4) is 0 Å². The van der Waals surface area contributed by atoms with Crippen molar-refractivity contribution < 1.29 is 4.79 Å². The number of nitrogens with zero attached hydrogens (tertiary/aromatic N) is 2. The topological polar surface area (TPSA) is 34.9 Å². The van der Waals surface area contributed by atoms with Gasteiger partial charge in [0.25, 0.3) is 0 Å². The first kappa shape index (κ1) is 13.1. The van der Waals surface area contributed by atoms with Crippen molar-refractivity contribution in [1.82, 2.24) is 9.55 Å². The Kier molecular flexibility index (Phi) is 3.45. The fourth-order valence-electron chi connectivity index (χ4n) is 2.60. The highest BCUT2D eigenvalue weighted by atomic mass is 35.5. The van der Waals surface area contributed by atoms with Crippen LogP contribution in [0.25, 0.3) is 21.9 Å². The Balaban J connectivity index is 2.41. The molecule has 0 saturated heterocycles. The first-order valence-corrected chi connectivity index (χ1v) is 7.16. The molecule has 0 spiro atoms. The van der Waals surface area contributed by atoms with Crippen molar-refractivity contribution in [2.75, 3.05) is 0 Å². The minimum Gasteiger partial charge on any atom is -0.325 e. The number of hydrogen-bond acceptors (Lipinski definition) is 2. The zero-order valence-corrected chi connectivity index (χ0v) is 12.0. The number of fused-ring (bicyclic) bond motifs is 3. The number of aldehydes is 1. The zero-order chi connectivity index (χ0) is 14.1. The number of unbranched alkanes of at least 4 members (excludes halogenated alkanes) is 1. The van der Waals surface area contributed by atoms with Gasteiger partial charge in [0.2, 0.25) is 0 Å². The summed E-state index contributed by atoms with van der Waals surface area (Å²) in [6.45, 7) is 3.07. The lowest BCUT2D eigenvalue weighted by Crippen LogP contribution is -1.99. The molecule has 0 N–H and O–H groups in total. The first-order chi connectivity index (χ1) is 9.77. The third-order valence-electron chi connectivity index (χ3n) is 3.60. The molecule has 0 aliphatic carbocycles. The summed E-state index contributed by atoms with van der Waals surface area (Å²) in [5.74, 6) is 0. The molecule has 3 nitrogen and oxygen atoms in total. The van der Waals surface area contributed by atoms with Crippen LogP contribution in [0.15, 0.2) is 30.5 Å². The van der Waals surface area contributed by atoms with Gasteiger partial charge in [0.15, 0.2) is 6.29 Å². The number of aromatic nitrogens is 2. The van der Waals surface area contributed by atoms with E-state index in [0.29, 0.717) is 10.6 Å². The van der Waals surface area contributed by atoms with Crippen LogP contribution in [0.3, 0.4) is 0 Å². The van der Waals surface area contributed by atoms with Crippen molar-refractivity contribution in [3.05, 3.63) is 41.0 Å². The lowest BCUT2D eigenvalue weighted by Gasteiger charge is -2.05. The molecule has 102 valence electrons. The van der Waals surface area contributed by atoms with Gasteiger partial charge in [0.1, 0.15) is 5.65 Å². The number of benzene rings is 1. The molecule has 0 saturated carbocycles. The third-order valence-corrected chi connectivity index (χ3v) is 4.01. The maximum atomic E-state index is 11.1. The quantitative estimate of drug-likeness (QED) is 0.664. The fraction of sp³-hybridized carbons (Fsp3) is 0.250. The number of rotatable bonds is 4. The number of para-hydroxylation sites is 1. The number of carbonyl (C=O) groups excluding carboxylic acids is 1. The SMILES string of the molecule is CCCCn1c2ccccc2c2c(Cl)c(C=O)cnc21. The van der Waals surface area contributed by atoms with E-state index in [1.165, 1.54) is 0 Å². The number of carbonyl (C=O) groups is 1. The predicted molar refractivity (Wildman–Crippen MR) is 82.5 cm³/mol. The Hall–Kier alpha value is -1.87. The average Bonchev–Trinajstić information content (AvgIpc) is 2.80. The smallest absolute Gasteiger partial charge is 0.153 e. The highest BCUT2D eigenvalue weighted by Crippen LogP contribution is 2.34. The van der Waals surface area contributed by atoms with E-state index in [-0.39, 0.29) is 0 Å². The summed E-state index contributed by atoms with van der Waals surface area (Å²) >= 11 is 6.38. The van der Waals surface area contributed by atoms with E-state index in [9.17, 15) is 4.79 Å². The van der Waals surface area contributed by atoms with Crippen LogP contribution < -0.4 is 0 Å². The van der Waals surface area contributed by atoms with Crippen molar-refractivity contribution in [3.63, 3.8) is 0 Å². The van der Waals surface area contributed by atoms with Crippen molar-refractivity contribution in [2.45, 2.75) is 26.3 Å². The molecule has 0 fully saturated rings. The number of pyridine rings is 1. The van der Waals surface area contributed by atoms with Crippen LogP contribution in [0.4, 0.5) is 0 Å². The van der Waals surface area contributed by atoms with Crippen LogP contribution >= 0.6 is 11.6 Å². The van der Waals surface area contributed by atoms with Crippen molar-refractivity contribution in [1.29, 1.82) is 0 Å². The highest BCUT2D eigenvalue weighted by molar-refractivity contribution is 6.39. The van der Waals surface area contributed by atoms with Gasteiger partial charge >= 0.3 is 0 Å². The van der Waals surface area contributed by atoms with Gasteiger partial charge in [-0.2, -0.15) is 0 Å². The molecule has 2 heterocycles. The Bertz CT molecular complexity index is 792. The molecule has 0 atom stereocenters. The molecule has 0 aliphatic rings. The average molecular weight is 287 g/mol. The first-order valence-electron chi connectivity index (χ1n) is 6.78. The van der Waals surface area contributed by atoms with E-state index >= 15 is 0 Å². The van der Waals surface area contributed by atoms with Crippen molar-refractivity contribution in [2.24, 2.45) is 0 Å². The monoisotopic (exact) mass is 286 g/mol. The minimum atomic E-state index is 0.442.